The van der Waals surface area contributed by atoms with Crippen LogP contribution in [0.15, 0.2) is 18.2 Å². The van der Waals surface area contributed by atoms with Gasteiger partial charge in [0.25, 0.3) is 0 Å². The van der Waals surface area contributed by atoms with E-state index in [0.717, 1.165) is 24.0 Å². The molecule has 0 saturated carbocycles. The third-order valence-electron chi connectivity index (χ3n) is 2.75. The fourth-order valence-corrected chi connectivity index (χ4v) is 1.90. The minimum atomic E-state index is -0.452. The van der Waals surface area contributed by atoms with Gasteiger partial charge in [-0.15, -0.1) is 0 Å². The molecule has 90 valence electrons. The van der Waals surface area contributed by atoms with Crippen LogP contribution in [0.3, 0.4) is 0 Å². The van der Waals surface area contributed by atoms with E-state index in [-0.39, 0.29) is 5.41 Å². The number of benzene rings is 1. The summed E-state index contributed by atoms with van der Waals surface area (Å²) in [5.41, 5.74) is 2.12. The summed E-state index contributed by atoms with van der Waals surface area (Å²) in [7, 11) is 0. The molecule has 16 heavy (non-hydrogen) atoms. The van der Waals surface area contributed by atoms with Gasteiger partial charge >= 0.3 is 0 Å². The topological polar surface area (TPSA) is 20.2 Å². The second-order valence-corrected chi connectivity index (χ2v) is 5.97. The molecular formula is C14H21ClO. The fraction of sp³-hybridized carbons (Fsp3) is 0.571. The second kappa shape index (κ2) is 5.20. The molecule has 1 N–H and O–H groups in total. The van der Waals surface area contributed by atoms with Crippen LogP contribution in [-0.2, 0) is 0 Å². The number of hydrogen-bond acceptors (Lipinski definition) is 1. The van der Waals surface area contributed by atoms with Crippen molar-refractivity contribution < 1.29 is 5.11 Å². The van der Waals surface area contributed by atoms with Crippen LogP contribution in [0, 0.1) is 12.3 Å². The van der Waals surface area contributed by atoms with Gasteiger partial charge in [-0.3, -0.25) is 0 Å². The minimum absolute atomic E-state index is 0.247. The summed E-state index contributed by atoms with van der Waals surface area (Å²) in [6.45, 7) is 8.50. The molecule has 0 aliphatic heterocycles. The maximum Gasteiger partial charge on any atom is 0.0804 e. The highest BCUT2D eigenvalue weighted by atomic mass is 35.5. The van der Waals surface area contributed by atoms with Crippen molar-refractivity contribution in [3.8, 4) is 0 Å². The molecule has 0 spiro atoms. The molecule has 0 aliphatic rings. The molecule has 0 aliphatic carbocycles. The Morgan fingerprint density at radius 3 is 2.50 bits per heavy atom. The van der Waals surface area contributed by atoms with Gasteiger partial charge in [0.05, 0.1) is 6.10 Å². The number of hydrogen-bond donors (Lipinski definition) is 1. The average Bonchev–Trinajstić information content (AvgIpc) is 2.17. The third-order valence-corrected chi connectivity index (χ3v) is 3.26. The lowest BCUT2D eigenvalue weighted by atomic mass is 9.88. The van der Waals surface area contributed by atoms with Crippen LogP contribution in [0.4, 0.5) is 0 Å². The number of halogens is 1. The zero-order chi connectivity index (χ0) is 12.3. The smallest absolute Gasteiger partial charge is 0.0804 e. The predicted molar refractivity (Wildman–Crippen MR) is 69.8 cm³/mol. The van der Waals surface area contributed by atoms with E-state index >= 15 is 0 Å². The van der Waals surface area contributed by atoms with E-state index in [9.17, 15) is 5.11 Å². The van der Waals surface area contributed by atoms with E-state index in [0.29, 0.717) is 5.02 Å². The monoisotopic (exact) mass is 240 g/mol. The summed E-state index contributed by atoms with van der Waals surface area (Å²) in [5, 5.41) is 10.8. The summed E-state index contributed by atoms with van der Waals surface area (Å²) < 4.78 is 0. The first kappa shape index (κ1) is 13.5. The Labute approximate surface area is 103 Å². The summed E-state index contributed by atoms with van der Waals surface area (Å²) in [6, 6.07) is 5.81. The SMILES string of the molecule is Cc1cccc(C(O)CCC(C)(C)C)c1Cl. The fourth-order valence-electron chi connectivity index (χ4n) is 1.65. The number of aliphatic hydroxyl groups excluding tert-OH is 1. The maximum absolute atomic E-state index is 10.1. The first-order valence-electron chi connectivity index (χ1n) is 5.74. The molecule has 2 heteroatoms. The Bertz CT molecular complexity index is 352. The van der Waals surface area contributed by atoms with E-state index < -0.39 is 6.10 Å². The highest BCUT2D eigenvalue weighted by Gasteiger charge is 2.17. The maximum atomic E-state index is 10.1. The van der Waals surface area contributed by atoms with Crippen LogP contribution in [0.5, 0.6) is 0 Å². The molecule has 0 radical (unpaired) electrons. The van der Waals surface area contributed by atoms with Crippen LogP contribution in [0.25, 0.3) is 0 Å². The van der Waals surface area contributed by atoms with Gasteiger partial charge in [-0.25, -0.2) is 0 Å². The number of rotatable bonds is 3. The van der Waals surface area contributed by atoms with Crippen molar-refractivity contribution in [3.05, 3.63) is 34.3 Å². The molecule has 1 atom stereocenters. The van der Waals surface area contributed by atoms with Crippen molar-refractivity contribution in [1.29, 1.82) is 0 Å². The zero-order valence-electron chi connectivity index (χ0n) is 10.5. The molecule has 0 amide bonds. The molecular weight excluding hydrogens is 220 g/mol. The van der Waals surface area contributed by atoms with Crippen LogP contribution in [0.1, 0.15) is 50.8 Å². The molecule has 0 saturated heterocycles. The third kappa shape index (κ3) is 3.80. The van der Waals surface area contributed by atoms with Gasteiger partial charge in [-0.2, -0.15) is 0 Å². The minimum Gasteiger partial charge on any atom is -0.388 e. The van der Waals surface area contributed by atoms with Crippen molar-refractivity contribution in [2.45, 2.75) is 46.6 Å². The first-order valence-corrected chi connectivity index (χ1v) is 6.12. The normalized spacial score (nSPS) is 13.9. The van der Waals surface area contributed by atoms with E-state index in [2.05, 4.69) is 20.8 Å². The quantitative estimate of drug-likeness (QED) is 0.824. The largest absolute Gasteiger partial charge is 0.388 e. The van der Waals surface area contributed by atoms with Crippen LogP contribution < -0.4 is 0 Å². The second-order valence-electron chi connectivity index (χ2n) is 5.59. The van der Waals surface area contributed by atoms with Gasteiger partial charge in [0.1, 0.15) is 0 Å². The molecule has 0 aromatic heterocycles. The van der Waals surface area contributed by atoms with Crippen LogP contribution >= 0.6 is 11.6 Å². The molecule has 1 rings (SSSR count). The lowest BCUT2D eigenvalue weighted by Gasteiger charge is -2.21. The molecule has 1 aromatic rings. The molecule has 0 bridgehead atoms. The Balaban J connectivity index is 2.73. The molecule has 1 unspecified atom stereocenters. The van der Waals surface area contributed by atoms with Gasteiger partial charge in [-0.05, 0) is 36.3 Å². The average molecular weight is 241 g/mol. The Hall–Kier alpha value is -0.530. The number of aryl methyl sites for hydroxylation is 1. The zero-order valence-corrected chi connectivity index (χ0v) is 11.3. The van der Waals surface area contributed by atoms with Gasteiger partial charge < -0.3 is 5.11 Å². The first-order chi connectivity index (χ1) is 7.31. The molecule has 0 heterocycles. The summed E-state index contributed by atoms with van der Waals surface area (Å²) in [5.74, 6) is 0. The van der Waals surface area contributed by atoms with Crippen molar-refractivity contribution in [2.24, 2.45) is 5.41 Å². The lowest BCUT2D eigenvalue weighted by Crippen LogP contribution is -2.08. The van der Waals surface area contributed by atoms with E-state index in [4.69, 9.17) is 11.6 Å². The molecule has 1 nitrogen and oxygen atoms in total. The molecule has 1 aromatic carbocycles. The Kier molecular flexibility index (Phi) is 4.40. The van der Waals surface area contributed by atoms with Crippen LogP contribution in [0.2, 0.25) is 5.02 Å². The Morgan fingerprint density at radius 1 is 1.31 bits per heavy atom. The highest BCUT2D eigenvalue weighted by molar-refractivity contribution is 6.32. The van der Waals surface area contributed by atoms with Crippen molar-refractivity contribution in [1.82, 2.24) is 0 Å². The molecule has 0 fully saturated rings. The predicted octanol–water partition coefficient (Wildman–Crippen LogP) is 4.51. The van der Waals surface area contributed by atoms with Gasteiger partial charge in [0, 0.05) is 5.02 Å². The van der Waals surface area contributed by atoms with Crippen molar-refractivity contribution >= 4 is 11.6 Å². The highest BCUT2D eigenvalue weighted by Crippen LogP contribution is 2.31. The van der Waals surface area contributed by atoms with Crippen molar-refractivity contribution in [2.75, 3.05) is 0 Å². The van der Waals surface area contributed by atoms with Gasteiger partial charge in [0.15, 0.2) is 0 Å². The number of aliphatic hydroxyl groups is 1. The summed E-state index contributed by atoms with van der Waals surface area (Å²) in [4.78, 5) is 0. The van der Waals surface area contributed by atoms with Crippen molar-refractivity contribution in [3.63, 3.8) is 0 Å². The lowest BCUT2D eigenvalue weighted by molar-refractivity contribution is 0.147. The van der Waals surface area contributed by atoms with Crippen LogP contribution in [-0.4, -0.2) is 5.11 Å². The van der Waals surface area contributed by atoms with Gasteiger partial charge in [0.2, 0.25) is 0 Å². The van der Waals surface area contributed by atoms with E-state index in [1.807, 2.05) is 25.1 Å². The summed E-state index contributed by atoms with van der Waals surface area (Å²) >= 11 is 6.18. The van der Waals surface area contributed by atoms with E-state index in [1.54, 1.807) is 0 Å². The van der Waals surface area contributed by atoms with Gasteiger partial charge in [-0.1, -0.05) is 50.6 Å². The summed E-state index contributed by atoms with van der Waals surface area (Å²) in [6.07, 6.45) is 1.29. The van der Waals surface area contributed by atoms with E-state index in [1.165, 1.54) is 0 Å². The standard InChI is InChI=1S/C14H21ClO/c1-10-6-5-7-11(13(10)15)12(16)8-9-14(2,3)4/h5-7,12,16H,8-9H2,1-4H3. The Morgan fingerprint density at radius 2 is 1.94 bits per heavy atom.